The summed E-state index contributed by atoms with van der Waals surface area (Å²) in [7, 11) is 0. The quantitative estimate of drug-likeness (QED) is 0.789. The minimum atomic E-state index is 0.284. The molecule has 94 valence electrons. The maximum Gasteiger partial charge on any atom is 0.224 e. The molecule has 0 saturated heterocycles. The first-order valence-corrected chi connectivity index (χ1v) is 6.33. The van der Waals surface area contributed by atoms with Crippen LogP contribution in [-0.4, -0.2) is 16.0 Å². The topological polar surface area (TPSA) is 29.0 Å². The molecule has 0 radical (unpaired) electrons. The Balaban J connectivity index is 2.24. The molecule has 3 nitrogen and oxygen atoms in total. The summed E-state index contributed by atoms with van der Waals surface area (Å²) in [6.07, 6.45) is 1.69. The number of hydrogen-bond donors (Lipinski definition) is 0. The van der Waals surface area contributed by atoms with E-state index in [9.17, 15) is 0 Å². The van der Waals surface area contributed by atoms with Gasteiger partial charge in [-0.1, -0.05) is 30.3 Å². The van der Waals surface area contributed by atoms with Crippen molar-refractivity contribution in [1.82, 2.24) is 9.97 Å². The minimum Gasteiger partial charge on any atom is -0.350 e. The van der Waals surface area contributed by atoms with Gasteiger partial charge in [0.25, 0.3) is 0 Å². The fourth-order valence-electron chi connectivity index (χ4n) is 1.79. The SMILES string of the molecule is CC(C)N(Cc1ccccc1)c1ccnc(Cl)n1. The molecule has 0 aliphatic heterocycles. The smallest absolute Gasteiger partial charge is 0.224 e. The average Bonchev–Trinajstić information content (AvgIpc) is 2.37. The highest BCUT2D eigenvalue weighted by Gasteiger charge is 2.12. The van der Waals surface area contributed by atoms with Crippen LogP contribution in [-0.2, 0) is 6.54 Å². The van der Waals surface area contributed by atoms with Crippen molar-refractivity contribution >= 4 is 17.4 Å². The van der Waals surface area contributed by atoms with Crippen molar-refractivity contribution in [1.29, 1.82) is 0 Å². The van der Waals surface area contributed by atoms with Gasteiger partial charge in [-0.25, -0.2) is 9.97 Å². The van der Waals surface area contributed by atoms with Crippen LogP contribution in [0, 0.1) is 0 Å². The Kier molecular flexibility index (Phi) is 4.15. The molecule has 1 aromatic carbocycles. The Hall–Kier alpha value is -1.61. The van der Waals surface area contributed by atoms with Crippen LogP contribution in [0.3, 0.4) is 0 Å². The molecule has 2 rings (SSSR count). The molecule has 1 heterocycles. The summed E-state index contributed by atoms with van der Waals surface area (Å²) >= 11 is 5.85. The van der Waals surface area contributed by atoms with Gasteiger partial charge in [-0.2, -0.15) is 0 Å². The van der Waals surface area contributed by atoms with Gasteiger partial charge in [-0.3, -0.25) is 0 Å². The van der Waals surface area contributed by atoms with Gasteiger partial charge in [0.1, 0.15) is 5.82 Å². The third-order valence-corrected chi connectivity index (χ3v) is 2.91. The number of aromatic nitrogens is 2. The third-order valence-electron chi connectivity index (χ3n) is 2.72. The number of hydrogen-bond acceptors (Lipinski definition) is 3. The molecule has 0 spiro atoms. The van der Waals surface area contributed by atoms with Crippen molar-refractivity contribution in [3.05, 3.63) is 53.4 Å². The summed E-state index contributed by atoms with van der Waals surface area (Å²) in [5, 5.41) is 0.284. The first kappa shape index (κ1) is 12.8. The van der Waals surface area contributed by atoms with Gasteiger partial charge in [0.2, 0.25) is 5.28 Å². The third kappa shape index (κ3) is 3.20. The standard InChI is InChI=1S/C14H16ClN3/c1-11(2)18(10-12-6-4-3-5-7-12)13-8-9-16-14(15)17-13/h3-9,11H,10H2,1-2H3. The van der Waals surface area contributed by atoms with Crippen LogP contribution in [0.2, 0.25) is 5.28 Å². The van der Waals surface area contributed by atoms with Crippen molar-refractivity contribution in [2.75, 3.05) is 4.90 Å². The Morgan fingerprint density at radius 1 is 1.17 bits per heavy atom. The van der Waals surface area contributed by atoms with E-state index in [1.807, 2.05) is 24.3 Å². The molecule has 1 aromatic heterocycles. The van der Waals surface area contributed by atoms with Gasteiger partial charge in [-0.15, -0.1) is 0 Å². The molecule has 0 aliphatic rings. The number of halogens is 1. The molecule has 0 bridgehead atoms. The zero-order chi connectivity index (χ0) is 13.0. The highest BCUT2D eigenvalue weighted by Crippen LogP contribution is 2.18. The van der Waals surface area contributed by atoms with Crippen LogP contribution >= 0.6 is 11.6 Å². The van der Waals surface area contributed by atoms with Crippen molar-refractivity contribution in [2.45, 2.75) is 26.4 Å². The second kappa shape index (κ2) is 5.83. The molecule has 0 aliphatic carbocycles. The van der Waals surface area contributed by atoms with Gasteiger partial charge in [0, 0.05) is 18.8 Å². The minimum absolute atomic E-state index is 0.284. The zero-order valence-corrected chi connectivity index (χ0v) is 11.3. The molecular weight excluding hydrogens is 246 g/mol. The lowest BCUT2D eigenvalue weighted by molar-refractivity contribution is 0.671. The zero-order valence-electron chi connectivity index (χ0n) is 10.5. The highest BCUT2D eigenvalue weighted by molar-refractivity contribution is 6.28. The maximum absolute atomic E-state index is 5.85. The van der Waals surface area contributed by atoms with E-state index in [4.69, 9.17) is 11.6 Å². The summed E-state index contributed by atoms with van der Waals surface area (Å²) < 4.78 is 0. The second-order valence-corrected chi connectivity index (χ2v) is 4.73. The van der Waals surface area contributed by atoms with E-state index < -0.39 is 0 Å². The summed E-state index contributed by atoms with van der Waals surface area (Å²) in [6, 6.07) is 12.5. The van der Waals surface area contributed by atoms with Crippen LogP contribution in [0.15, 0.2) is 42.6 Å². The van der Waals surface area contributed by atoms with E-state index in [0.29, 0.717) is 6.04 Å². The normalized spacial score (nSPS) is 10.7. The van der Waals surface area contributed by atoms with Gasteiger partial charge in [-0.05, 0) is 37.1 Å². The lowest BCUT2D eigenvalue weighted by atomic mass is 10.2. The second-order valence-electron chi connectivity index (χ2n) is 4.39. The predicted molar refractivity (Wildman–Crippen MR) is 74.8 cm³/mol. The van der Waals surface area contributed by atoms with Crippen molar-refractivity contribution in [3.63, 3.8) is 0 Å². The lowest BCUT2D eigenvalue weighted by Crippen LogP contribution is -2.30. The Labute approximate surface area is 112 Å². The molecule has 4 heteroatoms. The molecule has 0 amide bonds. The van der Waals surface area contributed by atoms with E-state index in [0.717, 1.165) is 12.4 Å². The molecule has 2 aromatic rings. The van der Waals surface area contributed by atoms with Crippen LogP contribution in [0.25, 0.3) is 0 Å². The van der Waals surface area contributed by atoms with Crippen molar-refractivity contribution in [3.8, 4) is 0 Å². The van der Waals surface area contributed by atoms with Crippen LogP contribution in [0.1, 0.15) is 19.4 Å². The molecule has 0 fully saturated rings. The molecule has 18 heavy (non-hydrogen) atoms. The largest absolute Gasteiger partial charge is 0.350 e. The predicted octanol–water partition coefficient (Wildman–Crippen LogP) is 3.55. The average molecular weight is 262 g/mol. The molecule has 0 N–H and O–H groups in total. The summed E-state index contributed by atoms with van der Waals surface area (Å²) in [5.41, 5.74) is 1.25. The lowest BCUT2D eigenvalue weighted by Gasteiger charge is -2.27. The van der Waals surface area contributed by atoms with Crippen LogP contribution in [0.5, 0.6) is 0 Å². The summed E-state index contributed by atoms with van der Waals surface area (Å²) in [6.45, 7) is 5.09. The number of rotatable bonds is 4. The fraction of sp³-hybridized carbons (Fsp3) is 0.286. The molecule has 0 unspecified atom stereocenters. The van der Waals surface area contributed by atoms with E-state index in [-0.39, 0.29) is 5.28 Å². The first-order chi connectivity index (χ1) is 8.66. The fourth-order valence-corrected chi connectivity index (χ4v) is 1.94. The summed E-state index contributed by atoms with van der Waals surface area (Å²) in [5.74, 6) is 0.855. The van der Waals surface area contributed by atoms with Crippen molar-refractivity contribution < 1.29 is 0 Å². The van der Waals surface area contributed by atoms with Gasteiger partial charge in [0.05, 0.1) is 0 Å². The molecular formula is C14H16ClN3. The first-order valence-electron chi connectivity index (χ1n) is 5.96. The van der Waals surface area contributed by atoms with E-state index in [1.165, 1.54) is 5.56 Å². The van der Waals surface area contributed by atoms with Crippen LogP contribution in [0.4, 0.5) is 5.82 Å². The molecule has 0 atom stereocenters. The maximum atomic E-state index is 5.85. The Morgan fingerprint density at radius 3 is 2.50 bits per heavy atom. The monoisotopic (exact) mass is 261 g/mol. The van der Waals surface area contributed by atoms with Crippen LogP contribution < -0.4 is 4.90 Å². The molecule has 0 saturated carbocycles. The number of anilines is 1. The van der Waals surface area contributed by atoms with Gasteiger partial charge < -0.3 is 4.90 Å². The number of benzene rings is 1. The Bertz CT molecular complexity index is 499. The van der Waals surface area contributed by atoms with Gasteiger partial charge >= 0.3 is 0 Å². The van der Waals surface area contributed by atoms with Gasteiger partial charge in [0.15, 0.2) is 0 Å². The van der Waals surface area contributed by atoms with Crippen molar-refractivity contribution in [2.24, 2.45) is 0 Å². The highest BCUT2D eigenvalue weighted by atomic mass is 35.5. The Morgan fingerprint density at radius 2 is 1.89 bits per heavy atom. The number of nitrogens with zero attached hydrogens (tertiary/aromatic N) is 3. The van der Waals surface area contributed by atoms with E-state index in [1.54, 1.807) is 6.20 Å². The summed E-state index contributed by atoms with van der Waals surface area (Å²) in [4.78, 5) is 10.4. The van der Waals surface area contributed by atoms with E-state index in [2.05, 4.69) is 40.8 Å². The van der Waals surface area contributed by atoms with E-state index >= 15 is 0 Å².